The number of nitrogens with zero attached hydrogens (tertiary/aromatic N) is 1. The fraction of sp³-hybridized carbons (Fsp3) is 0.381. The van der Waals surface area contributed by atoms with E-state index in [0.717, 1.165) is 16.7 Å². The Balaban J connectivity index is 1.89. The standard InChI is InChI=1S/C21H26N2O3S/c1-23(20(24)21(27(2,25)26)12-14-22-15-13-21)16-18-10-6-7-11-19(18)17-8-4-3-5-9-17/h3-11,22H,12-16H2,1-2H3. The van der Waals surface area contributed by atoms with E-state index in [2.05, 4.69) is 5.32 Å². The second-order valence-electron chi connectivity index (χ2n) is 7.20. The lowest BCUT2D eigenvalue weighted by atomic mass is 9.94. The van der Waals surface area contributed by atoms with Crippen molar-refractivity contribution in [3.8, 4) is 11.1 Å². The average molecular weight is 387 g/mol. The van der Waals surface area contributed by atoms with Crippen LogP contribution < -0.4 is 5.32 Å². The van der Waals surface area contributed by atoms with E-state index >= 15 is 0 Å². The first kappa shape index (κ1) is 19.6. The SMILES string of the molecule is CN(Cc1ccccc1-c1ccccc1)C(=O)C1(S(C)(=O)=O)CCNCC1. The molecule has 144 valence electrons. The van der Waals surface area contributed by atoms with Gasteiger partial charge in [-0.1, -0.05) is 54.6 Å². The van der Waals surface area contributed by atoms with E-state index in [9.17, 15) is 13.2 Å². The molecule has 6 heteroatoms. The zero-order valence-electron chi connectivity index (χ0n) is 15.8. The molecule has 5 nitrogen and oxygen atoms in total. The number of piperidine rings is 1. The Morgan fingerprint density at radius 2 is 1.63 bits per heavy atom. The van der Waals surface area contributed by atoms with E-state index in [0.29, 0.717) is 32.5 Å². The minimum absolute atomic E-state index is 0.311. The summed E-state index contributed by atoms with van der Waals surface area (Å²) in [5, 5.41) is 3.15. The van der Waals surface area contributed by atoms with Crippen LogP contribution in [-0.2, 0) is 21.2 Å². The van der Waals surface area contributed by atoms with Gasteiger partial charge in [-0.05, 0) is 42.6 Å². The lowest BCUT2D eigenvalue weighted by molar-refractivity contribution is -0.134. The summed E-state index contributed by atoms with van der Waals surface area (Å²) < 4.78 is 23.7. The Labute approximate surface area is 161 Å². The maximum atomic E-state index is 13.2. The molecule has 1 amide bonds. The average Bonchev–Trinajstić information content (AvgIpc) is 2.68. The first-order chi connectivity index (χ1) is 12.8. The van der Waals surface area contributed by atoms with Crippen LogP contribution in [0.1, 0.15) is 18.4 Å². The highest BCUT2D eigenvalue weighted by Crippen LogP contribution is 2.31. The van der Waals surface area contributed by atoms with Crippen LogP contribution in [-0.4, -0.2) is 50.4 Å². The van der Waals surface area contributed by atoms with Crippen molar-refractivity contribution in [1.82, 2.24) is 10.2 Å². The minimum atomic E-state index is -3.52. The molecule has 1 aliphatic heterocycles. The van der Waals surface area contributed by atoms with Crippen molar-refractivity contribution in [2.24, 2.45) is 0 Å². The van der Waals surface area contributed by atoms with Crippen LogP contribution in [0.5, 0.6) is 0 Å². The van der Waals surface area contributed by atoms with E-state index in [1.165, 1.54) is 6.26 Å². The quantitative estimate of drug-likeness (QED) is 0.857. The Morgan fingerprint density at radius 3 is 2.26 bits per heavy atom. The summed E-state index contributed by atoms with van der Waals surface area (Å²) in [5.74, 6) is -0.311. The molecule has 0 bridgehead atoms. The van der Waals surface area contributed by atoms with Gasteiger partial charge in [-0.15, -0.1) is 0 Å². The number of nitrogens with one attached hydrogen (secondary N) is 1. The molecule has 0 saturated carbocycles. The molecule has 1 aliphatic rings. The third-order valence-corrected chi connectivity index (χ3v) is 7.37. The van der Waals surface area contributed by atoms with E-state index in [-0.39, 0.29) is 5.91 Å². The molecule has 1 heterocycles. The molecule has 0 spiro atoms. The fourth-order valence-electron chi connectivity index (χ4n) is 3.81. The maximum absolute atomic E-state index is 13.2. The highest BCUT2D eigenvalue weighted by molar-refractivity contribution is 7.92. The van der Waals surface area contributed by atoms with Gasteiger partial charge in [0.15, 0.2) is 14.6 Å². The second-order valence-corrected chi connectivity index (χ2v) is 9.53. The van der Waals surface area contributed by atoms with Crippen LogP contribution in [0.2, 0.25) is 0 Å². The first-order valence-corrected chi connectivity index (χ1v) is 11.0. The number of hydrogen-bond acceptors (Lipinski definition) is 4. The van der Waals surface area contributed by atoms with Crippen molar-refractivity contribution < 1.29 is 13.2 Å². The number of hydrogen-bond donors (Lipinski definition) is 1. The third kappa shape index (κ3) is 3.92. The van der Waals surface area contributed by atoms with Crippen molar-refractivity contribution in [3.63, 3.8) is 0 Å². The topological polar surface area (TPSA) is 66.5 Å². The van der Waals surface area contributed by atoms with Gasteiger partial charge in [0.25, 0.3) is 0 Å². The summed E-state index contributed by atoms with van der Waals surface area (Å²) >= 11 is 0. The number of carbonyl (C=O) groups excluding carboxylic acids is 1. The number of amides is 1. The van der Waals surface area contributed by atoms with E-state index in [1.54, 1.807) is 11.9 Å². The highest BCUT2D eigenvalue weighted by atomic mass is 32.2. The van der Waals surface area contributed by atoms with Crippen LogP contribution in [0.4, 0.5) is 0 Å². The number of rotatable bonds is 5. The lowest BCUT2D eigenvalue weighted by Gasteiger charge is -2.37. The summed E-state index contributed by atoms with van der Waals surface area (Å²) in [6.45, 7) is 1.44. The van der Waals surface area contributed by atoms with Gasteiger partial charge in [0.2, 0.25) is 5.91 Å². The maximum Gasteiger partial charge on any atom is 0.244 e. The Bertz CT molecular complexity index is 904. The summed E-state index contributed by atoms with van der Waals surface area (Å²) in [7, 11) is -1.82. The van der Waals surface area contributed by atoms with Crippen molar-refractivity contribution in [2.75, 3.05) is 26.4 Å². The molecule has 0 unspecified atom stereocenters. The van der Waals surface area contributed by atoms with Crippen LogP contribution in [0.15, 0.2) is 54.6 Å². The molecule has 2 aromatic carbocycles. The second kappa shape index (κ2) is 7.82. The van der Waals surface area contributed by atoms with Crippen LogP contribution in [0.3, 0.4) is 0 Å². The van der Waals surface area contributed by atoms with Gasteiger partial charge >= 0.3 is 0 Å². The van der Waals surface area contributed by atoms with E-state index < -0.39 is 14.6 Å². The van der Waals surface area contributed by atoms with Crippen molar-refractivity contribution in [2.45, 2.75) is 24.1 Å². The molecular formula is C21H26N2O3S. The Kier molecular flexibility index (Phi) is 5.67. The van der Waals surface area contributed by atoms with Gasteiger partial charge in [0.05, 0.1) is 0 Å². The highest BCUT2D eigenvalue weighted by Gasteiger charge is 2.49. The lowest BCUT2D eigenvalue weighted by Crippen LogP contribution is -2.57. The van der Waals surface area contributed by atoms with Gasteiger partial charge in [-0.25, -0.2) is 8.42 Å². The normalized spacial score (nSPS) is 16.7. The molecule has 2 aromatic rings. The Morgan fingerprint density at radius 1 is 1.04 bits per heavy atom. The van der Waals surface area contributed by atoms with Gasteiger partial charge in [0.1, 0.15) is 0 Å². The smallest absolute Gasteiger partial charge is 0.244 e. The summed E-state index contributed by atoms with van der Waals surface area (Å²) in [5.41, 5.74) is 3.13. The predicted molar refractivity (Wildman–Crippen MR) is 108 cm³/mol. The molecule has 0 aliphatic carbocycles. The van der Waals surface area contributed by atoms with Gasteiger partial charge < -0.3 is 10.2 Å². The molecule has 0 atom stereocenters. The van der Waals surface area contributed by atoms with Gasteiger partial charge in [-0.2, -0.15) is 0 Å². The molecule has 0 radical (unpaired) electrons. The van der Waals surface area contributed by atoms with E-state index in [1.807, 2.05) is 54.6 Å². The number of carbonyl (C=O) groups is 1. The van der Waals surface area contributed by atoms with Gasteiger partial charge in [-0.3, -0.25) is 4.79 Å². The summed E-state index contributed by atoms with van der Waals surface area (Å²) in [6, 6.07) is 17.9. The Hall–Kier alpha value is -2.18. The molecule has 27 heavy (non-hydrogen) atoms. The fourth-order valence-corrected chi connectivity index (χ4v) is 5.23. The third-order valence-electron chi connectivity index (χ3n) is 5.37. The summed E-state index contributed by atoms with van der Waals surface area (Å²) in [4.78, 5) is 14.8. The zero-order chi connectivity index (χ0) is 19.5. The first-order valence-electron chi connectivity index (χ1n) is 9.14. The van der Waals surface area contributed by atoms with E-state index in [4.69, 9.17) is 0 Å². The molecule has 1 saturated heterocycles. The molecule has 0 aromatic heterocycles. The molecule has 3 rings (SSSR count). The molecular weight excluding hydrogens is 360 g/mol. The van der Waals surface area contributed by atoms with Crippen LogP contribution >= 0.6 is 0 Å². The van der Waals surface area contributed by atoms with Gasteiger partial charge in [0, 0.05) is 19.8 Å². The van der Waals surface area contributed by atoms with Crippen molar-refractivity contribution >= 4 is 15.7 Å². The molecule has 1 N–H and O–H groups in total. The van der Waals surface area contributed by atoms with Crippen molar-refractivity contribution in [3.05, 3.63) is 60.2 Å². The van der Waals surface area contributed by atoms with Crippen LogP contribution in [0, 0.1) is 0 Å². The summed E-state index contributed by atoms with van der Waals surface area (Å²) in [6.07, 6.45) is 1.81. The zero-order valence-corrected chi connectivity index (χ0v) is 16.6. The largest absolute Gasteiger partial charge is 0.340 e. The molecule has 1 fully saturated rings. The number of benzene rings is 2. The van der Waals surface area contributed by atoms with Crippen molar-refractivity contribution in [1.29, 1.82) is 0 Å². The predicted octanol–water partition coefficient (Wildman–Crippen LogP) is 2.48. The van der Waals surface area contributed by atoms with Crippen LogP contribution in [0.25, 0.3) is 11.1 Å². The minimum Gasteiger partial charge on any atom is -0.340 e. The number of sulfone groups is 1. The monoisotopic (exact) mass is 386 g/mol.